The van der Waals surface area contributed by atoms with Crippen LogP contribution in [-0.2, 0) is 30.4 Å². The van der Waals surface area contributed by atoms with Gasteiger partial charge in [-0.1, -0.05) is 60.7 Å². The van der Waals surface area contributed by atoms with Crippen molar-refractivity contribution in [3.8, 4) is 11.1 Å². The van der Waals surface area contributed by atoms with Crippen molar-refractivity contribution in [2.75, 3.05) is 16.9 Å². The lowest BCUT2D eigenvalue weighted by Gasteiger charge is -2.20. The standard InChI is InChI=1S/C38H28N8O10S3/c39-34-28-7-4-8-30(57(48,49)50)27(28)17-18-29(34)44-41-25-13-9-21(10-14-25)22-11-15-26(16-12-22)43-45-36-31(58(51,52)53)19-23-20-32(59(54,55)56)37(38(47)33(23)35(36)40)46-42-24-5-2-1-3-6-24/h1-20,42H,39-40H2,(H,48,49,50)(H,51,52,53)(H,54,55,56). The molecule has 6 aromatic carbocycles. The van der Waals surface area contributed by atoms with Gasteiger partial charge < -0.3 is 11.5 Å². The van der Waals surface area contributed by atoms with Gasteiger partial charge in [0, 0.05) is 10.8 Å². The molecule has 6 aromatic rings. The number of nitrogens with one attached hydrogen (secondary N) is 1. The Morgan fingerprint density at radius 2 is 1.15 bits per heavy atom. The lowest BCUT2D eigenvalue weighted by molar-refractivity contribution is 0.106. The van der Waals surface area contributed by atoms with Crippen LogP contribution in [0.25, 0.3) is 28.0 Å². The van der Waals surface area contributed by atoms with Crippen LogP contribution in [0.15, 0.2) is 156 Å². The lowest BCUT2D eigenvalue weighted by Crippen LogP contribution is -2.28. The molecule has 0 atom stereocenters. The van der Waals surface area contributed by atoms with Gasteiger partial charge in [-0.25, -0.2) is 0 Å². The normalized spacial score (nSPS) is 14.3. The average Bonchev–Trinajstić information content (AvgIpc) is 3.19. The zero-order valence-corrected chi connectivity index (χ0v) is 32.3. The van der Waals surface area contributed by atoms with E-state index < -0.39 is 68.6 Å². The maximum atomic E-state index is 13.7. The summed E-state index contributed by atoms with van der Waals surface area (Å²) in [7, 11) is -14.6. The zero-order valence-electron chi connectivity index (χ0n) is 29.9. The smallest absolute Gasteiger partial charge is 0.296 e. The maximum absolute atomic E-state index is 13.7. The number of nitrogen functional groups attached to an aromatic ring is 2. The van der Waals surface area contributed by atoms with Crippen molar-refractivity contribution in [2.45, 2.75) is 9.79 Å². The molecule has 1 aliphatic carbocycles. The number of fused-ring (bicyclic) bond motifs is 2. The monoisotopic (exact) mass is 852 g/mol. The Morgan fingerprint density at radius 3 is 1.73 bits per heavy atom. The number of Topliss-reactive ketones (excluding diaryl/α,β-unsaturated/α-hetero) is 1. The molecule has 0 saturated heterocycles. The number of hydrogen-bond donors (Lipinski definition) is 6. The predicted molar refractivity (Wildman–Crippen MR) is 220 cm³/mol. The third-order valence-corrected chi connectivity index (χ3v) is 11.5. The Kier molecular flexibility index (Phi) is 10.5. The molecular weight excluding hydrogens is 825 g/mol. The fourth-order valence-corrected chi connectivity index (χ4v) is 8.08. The third-order valence-electron chi connectivity index (χ3n) is 8.85. The second-order valence-electron chi connectivity index (χ2n) is 12.6. The summed E-state index contributed by atoms with van der Waals surface area (Å²) >= 11 is 0. The summed E-state index contributed by atoms with van der Waals surface area (Å²) in [6, 6.07) is 29.6. The van der Waals surface area contributed by atoms with Crippen LogP contribution in [0.3, 0.4) is 0 Å². The Morgan fingerprint density at radius 1 is 0.559 bits per heavy atom. The number of ketones is 1. The molecule has 0 spiro atoms. The van der Waals surface area contributed by atoms with E-state index in [2.05, 4.69) is 31.0 Å². The number of hydrogen-bond acceptors (Lipinski definition) is 15. The van der Waals surface area contributed by atoms with Crippen molar-refractivity contribution in [3.63, 3.8) is 0 Å². The number of hydrazone groups is 1. The number of carbonyl (C=O) groups excluding carboxylic acids is 1. The molecule has 1 aliphatic rings. The van der Waals surface area contributed by atoms with E-state index in [9.17, 15) is 43.7 Å². The fraction of sp³-hybridized carbons (Fsp3) is 0. The number of para-hydroxylation sites is 1. The Balaban J connectivity index is 1.14. The summed E-state index contributed by atoms with van der Waals surface area (Å²) in [4.78, 5) is 11.6. The fourth-order valence-electron chi connectivity index (χ4n) is 6.04. The summed E-state index contributed by atoms with van der Waals surface area (Å²) in [5, 5.41) is 21.0. The number of azo groups is 2. The first kappa shape index (κ1) is 40.2. The molecule has 59 heavy (non-hydrogen) atoms. The number of anilines is 3. The summed E-state index contributed by atoms with van der Waals surface area (Å²) in [5.41, 5.74) is 15.4. The Hall–Kier alpha value is -7.01. The number of rotatable bonds is 10. The van der Waals surface area contributed by atoms with Crippen molar-refractivity contribution in [1.29, 1.82) is 0 Å². The molecule has 0 bridgehead atoms. The molecule has 0 radical (unpaired) electrons. The van der Waals surface area contributed by atoms with E-state index in [0.29, 0.717) is 16.8 Å². The largest absolute Gasteiger partial charge is 0.396 e. The van der Waals surface area contributed by atoms with Gasteiger partial charge in [0.25, 0.3) is 30.4 Å². The van der Waals surface area contributed by atoms with Gasteiger partial charge in [-0.05, 0) is 77.4 Å². The number of nitrogens with two attached hydrogens (primary N) is 2. The number of benzene rings is 6. The number of nitrogens with zero attached hydrogens (tertiary/aromatic N) is 5. The lowest BCUT2D eigenvalue weighted by atomic mass is 9.92. The summed E-state index contributed by atoms with van der Waals surface area (Å²) in [5.74, 6) is -1.10. The first-order valence-corrected chi connectivity index (χ1v) is 21.1. The molecule has 0 saturated carbocycles. The molecule has 0 heterocycles. The van der Waals surface area contributed by atoms with E-state index in [1.165, 1.54) is 24.3 Å². The zero-order chi connectivity index (χ0) is 42.3. The van der Waals surface area contributed by atoms with Crippen molar-refractivity contribution >= 4 is 98.5 Å². The van der Waals surface area contributed by atoms with Gasteiger partial charge in [-0.3, -0.25) is 23.9 Å². The highest BCUT2D eigenvalue weighted by Gasteiger charge is 2.37. The van der Waals surface area contributed by atoms with Crippen molar-refractivity contribution in [3.05, 3.63) is 131 Å². The summed E-state index contributed by atoms with van der Waals surface area (Å²) < 4.78 is 103. The quantitative estimate of drug-likeness (QED) is 0.0331. The highest BCUT2D eigenvalue weighted by molar-refractivity contribution is 7.91. The second kappa shape index (κ2) is 15.4. The summed E-state index contributed by atoms with van der Waals surface area (Å²) in [6.45, 7) is 0. The van der Waals surface area contributed by atoms with E-state index in [-0.39, 0.29) is 32.9 Å². The SMILES string of the molecule is Nc1c(N=Nc2ccc(-c3ccc(N=Nc4ccc5c(S(=O)(=O)O)cccc5c4N)cc3)cc2)c(S(=O)(=O)O)cc2c1C(=O)C(=NNc1ccccc1)C(S(=O)(=O)O)=C2. The van der Waals surface area contributed by atoms with Crippen molar-refractivity contribution < 1.29 is 43.7 Å². The second-order valence-corrected chi connectivity index (χ2v) is 16.8. The van der Waals surface area contributed by atoms with Gasteiger partial charge >= 0.3 is 0 Å². The maximum Gasteiger partial charge on any atom is 0.296 e. The number of allylic oxidation sites excluding steroid dienone is 1. The number of carbonyl (C=O) groups is 1. The molecule has 0 amide bonds. The van der Waals surface area contributed by atoms with Gasteiger partial charge in [-0.15, -0.1) is 10.2 Å². The molecule has 8 N–H and O–H groups in total. The van der Waals surface area contributed by atoms with Crippen LogP contribution in [0.4, 0.5) is 39.8 Å². The van der Waals surface area contributed by atoms with E-state index in [1.807, 2.05) is 0 Å². The van der Waals surface area contributed by atoms with E-state index >= 15 is 0 Å². The van der Waals surface area contributed by atoms with Gasteiger partial charge in [0.05, 0.1) is 34.0 Å². The average molecular weight is 853 g/mol. The van der Waals surface area contributed by atoms with Crippen LogP contribution in [0.2, 0.25) is 0 Å². The molecule has 18 nitrogen and oxygen atoms in total. The van der Waals surface area contributed by atoms with Crippen LogP contribution in [0.5, 0.6) is 0 Å². The molecule has 0 aromatic heterocycles. The minimum atomic E-state index is -5.09. The first-order valence-electron chi connectivity index (χ1n) is 16.8. The van der Waals surface area contributed by atoms with E-state index in [0.717, 1.165) is 23.3 Å². The molecule has 0 fully saturated rings. The Bertz CT molecular complexity index is 3170. The molecular formula is C38H28N8O10S3. The van der Waals surface area contributed by atoms with Gasteiger partial charge in [0.1, 0.15) is 26.1 Å². The van der Waals surface area contributed by atoms with Crippen LogP contribution in [0, 0.1) is 0 Å². The summed E-state index contributed by atoms with van der Waals surface area (Å²) in [6.07, 6.45) is 0.796. The van der Waals surface area contributed by atoms with E-state index in [4.69, 9.17) is 11.5 Å². The van der Waals surface area contributed by atoms with E-state index in [1.54, 1.807) is 84.9 Å². The van der Waals surface area contributed by atoms with Gasteiger partial charge in [0.2, 0.25) is 5.78 Å². The molecule has 7 rings (SSSR count). The van der Waals surface area contributed by atoms with Crippen molar-refractivity contribution in [2.24, 2.45) is 25.6 Å². The van der Waals surface area contributed by atoms with Gasteiger partial charge in [0.15, 0.2) is 5.71 Å². The minimum Gasteiger partial charge on any atom is -0.396 e. The Labute approximate surface area is 335 Å². The first-order chi connectivity index (χ1) is 27.9. The molecule has 0 aliphatic heterocycles. The molecule has 298 valence electrons. The molecule has 0 unspecified atom stereocenters. The van der Waals surface area contributed by atoms with Crippen LogP contribution in [-0.4, -0.2) is 50.4 Å². The van der Waals surface area contributed by atoms with Crippen LogP contribution < -0.4 is 16.9 Å². The minimum absolute atomic E-state index is 0.171. The molecule has 21 heteroatoms. The third kappa shape index (κ3) is 8.36. The predicted octanol–water partition coefficient (Wildman–Crippen LogP) is 7.89. The van der Waals surface area contributed by atoms with Crippen LogP contribution >= 0.6 is 0 Å². The van der Waals surface area contributed by atoms with Crippen molar-refractivity contribution in [1.82, 2.24) is 0 Å². The highest BCUT2D eigenvalue weighted by atomic mass is 32.2. The van der Waals surface area contributed by atoms with Crippen LogP contribution in [0.1, 0.15) is 15.9 Å². The highest BCUT2D eigenvalue weighted by Crippen LogP contribution is 2.41. The topological polar surface area (TPSA) is 306 Å². The van der Waals surface area contributed by atoms with Gasteiger partial charge in [-0.2, -0.15) is 40.6 Å².